The van der Waals surface area contributed by atoms with Crippen molar-refractivity contribution < 1.29 is 18.7 Å². The molecule has 2 heterocycles. The minimum atomic E-state index is -0.165. The number of esters is 1. The number of likely N-dealkylation sites (tertiary alicyclic amines) is 1. The largest absolute Gasteiger partial charge is 0.469 e. The number of hydrogen-bond donors (Lipinski definition) is 0. The minimum absolute atomic E-state index is 0.0774. The van der Waals surface area contributed by atoms with E-state index >= 15 is 0 Å². The van der Waals surface area contributed by atoms with Gasteiger partial charge in [-0.1, -0.05) is 0 Å². The van der Waals surface area contributed by atoms with Crippen molar-refractivity contribution in [1.82, 2.24) is 4.90 Å². The maximum atomic E-state index is 12.7. The van der Waals surface area contributed by atoms with Gasteiger partial charge in [-0.3, -0.25) is 9.59 Å². The van der Waals surface area contributed by atoms with Crippen molar-refractivity contribution >= 4 is 22.8 Å². The molecule has 132 valence electrons. The fourth-order valence-corrected chi connectivity index (χ4v) is 4.09. The number of ether oxygens (including phenoxy) is 1. The van der Waals surface area contributed by atoms with Crippen LogP contribution in [0.2, 0.25) is 0 Å². The van der Waals surface area contributed by atoms with E-state index in [2.05, 4.69) is 12.1 Å². The maximum Gasteiger partial charge on any atom is 0.308 e. The number of nitrogens with zero attached hydrogens (tertiary/aromatic N) is 1. The molecule has 5 heteroatoms. The lowest BCUT2D eigenvalue weighted by Gasteiger charge is -2.30. The molecular formula is C20H23NO4. The van der Waals surface area contributed by atoms with Crippen LogP contribution in [-0.2, 0) is 33.6 Å². The number of hydrogen-bond acceptors (Lipinski definition) is 4. The van der Waals surface area contributed by atoms with E-state index in [1.807, 2.05) is 4.90 Å². The Hall–Kier alpha value is -2.30. The summed E-state index contributed by atoms with van der Waals surface area (Å²) < 4.78 is 10.5. The summed E-state index contributed by atoms with van der Waals surface area (Å²) in [5.41, 5.74) is 4.61. The highest BCUT2D eigenvalue weighted by Crippen LogP contribution is 2.31. The molecule has 4 rings (SSSR count). The fraction of sp³-hybridized carbons (Fsp3) is 0.500. The van der Waals surface area contributed by atoms with E-state index in [0.29, 0.717) is 32.4 Å². The Bertz CT molecular complexity index is 814. The lowest BCUT2D eigenvalue weighted by Crippen LogP contribution is -2.41. The Kier molecular flexibility index (Phi) is 4.24. The lowest BCUT2D eigenvalue weighted by molar-refractivity contribution is -0.148. The van der Waals surface area contributed by atoms with Crippen LogP contribution >= 0.6 is 0 Å². The smallest absolute Gasteiger partial charge is 0.308 e. The summed E-state index contributed by atoms with van der Waals surface area (Å²) in [6.45, 7) is 1.23. The molecule has 0 spiro atoms. The molecule has 1 amide bonds. The van der Waals surface area contributed by atoms with Gasteiger partial charge in [0, 0.05) is 24.0 Å². The first-order valence-corrected chi connectivity index (χ1v) is 9.03. The molecule has 1 fully saturated rings. The average Bonchev–Trinajstić information content (AvgIpc) is 3.26. The third-order valence-corrected chi connectivity index (χ3v) is 5.59. The number of amides is 1. The van der Waals surface area contributed by atoms with Gasteiger partial charge in [0.25, 0.3) is 0 Å². The van der Waals surface area contributed by atoms with Crippen LogP contribution in [0.5, 0.6) is 0 Å². The van der Waals surface area contributed by atoms with Crippen LogP contribution in [-0.4, -0.2) is 37.0 Å². The molecular weight excluding hydrogens is 318 g/mol. The fourth-order valence-electron chi connectivity index (χ4n) is 4.09. The molecule has 0 saturated carbocycles. The van der Waals surface area contributed by atoms with Crippen LogP contribution in [0.25, 0.3) is 11.0 Å². The number of aryl methyl sites for hydroxylation is 2. The first-order chi connectivity index (χ1) is 12.2. The monoisotopic (exact) mass is 341 g/mol. The maximum absolute atomic E-state index is 12.7. The van der Waals surface area contributed by atoms with Crippen molar-refractivity contribution in [3.63, 3.8) is 0 Å². The zero-order chi connectivity index (χ0) is 17.4. The van der Waals surface area contributed by atoms with Gasteiger partial charge in [-0.05, 0) is 55.4 Å². The molecule has 1 aliphatic heterocycles. The van der Waals surface area contributed by atoms with Crippen LogP contribution in [0.3, 0.4) is 0 Å². The molecule has 1 saturated heterocycles. The number of methoxy groups -OCH3 is 1. The topological polar surface area (TPSA) is 59.8 Å². The highest BCUT2D eigenvalue weighted by molar-refractivity contribution is 5.88. The molecule has 25 heavy (non-hydrogen) atoms. The van der Waals surface area contributed by atoms with Gasteiger partial charge in [0.15, 0.2) is 0 Å². The summed E-state index contributed by atoms with van der Waals surface area (Å²) in [6, 6.07) is 4.33. The standard InChI is InChI=1S/C20H23NO4/c1-24-20(23)13-5-7-21(8-6-13)19(22)11-16-12-25-18-10-15-4-2-3-14(15)9-17(16)18/h9-10,12-13H,2-8,11H2,1H3. The SMILES string of the molecule is COC(=O)C1CCN(C(=O)Cc2coc3cc4c(cc23)CCC4)CC1. The summed E-state index contributed by atoms with van der Waals surface area (Å²) in [6.07, 6.45) is 6.87. The van der Waals surface area contributed by atoms with E-state index in [9.17, 15) is 9.59 Å². The van der Waals surface area contributed by atoms with Gasteiger partial charge < -0.3 is 14.1 Å². The van der Waals surface area contributed by atoms with E-state index in [-0.39, 0.29) is 17.8 Å². The lowest BCUT2D eigenvalue weighted by atomic mass is 9.96. The van der Waals surface area contributed by atoms with Gasteiger partial charge in [-0.2, -0.15) is 0 Å². The third-order valence-electron chi connectivity index (χ3n) is 5.59. The highest BCUT2D eigenvalue weighted by atomic mass is 16.5. The first-order valence-electron chi connectivity index (χ1n) is 9.03. The van der Waals surface area contributed by atoms with E-state index in [1.165, 1.54) is 24.7 Å². The van der Waals surface area contributed by atoms with Gasteiger partial charge in [-0.25, -0.2) is 0 Å². The van der Waals surface area contributed by atoms with Crippen LogP contribution < -0.4 is 0 Å². The van der Waals surface area contributed by atoms with Gasteiger partial charge in [0.2, 0.25) is 5.91 Å². The molecule has 0 N–H and O–H groups in total. The number of furan rings is 1. The van der Waals surface area contributed by atoms with Crippen molar-refractivity contribution in [3.8, 4) is 0 Å². The van der Waals surface area contributed by atoms with Crippen molar-refractivity contribution in [2.45, 2.75) is 38.5 Å². The molecule has 1 aromatic heterocycles. The van der Waals surface area contributed by atoms with E-state index in [0.717, 1.165) is 29.4 Å². The molecule has 2 aliphatic rings. The Labute approximate surface area is 146 Å². The highest BCUT2D eigenvalue weighted by Gasteiger charge is 2.28. The zero-order valence-corrected chi connectivity index (χ0v) is 14.5. The third kappa shape index (κ3) is 3.03. The Morgan fingerprint density at radius 1 is 1.20 bits per heavy atom. The second-order valence-electron chi connectivity index (χ2n) is 7.09. The molecule has 1 aromatic carbocycles. The predicted octanol–water partition coefficient (Wildman–Crippen LogP) is 2.88. The van der Waals surface area contributed by atoms with Crippen molar-refractivity contribution in [3.05, 3.63) is 35.1 Å². The molecule has 0 radical (unpaired) electrons. The molecule has 5 nitrogen and oxygen atoms in total. The van der Waals surface area contributed by atoms with Crippen LogP contribution in [0.1, 0.15) is 36.0 Å². The first kappa shape index (κ1) is 16.2. The van der Waals surface area contributed by atoms with Gasteiger partial charge in [-0.15, -0.1) is 0 Å². The van der Waals surface area contributed by atoms with E-state index < -0.39 is 0 Å². The molecule has 1 aliphatic carbocycles. The molecule has 0 unspecified atom stereocenters. The molecule has 0 bridgehead atoms. The summed E-state index contributed by atoms with van der Waals surface area (Å²) in [5, 5.41) is 1.07. The number of carbonyl (C=O) groups excluding carboxylic acids is 2. The number of piperidine rings is 1. The van der Waals surface area contributed by atoms with Crippen molar-refractivity contribution in [1.29, 1.82) is 0 Å². The molecule has 0 atom stereocenters. The number of rotatable bonds is 3. The summed E-state index contributed by atoms with van der Waals surface area (Å²) in [7, 11) is 1.42. The van der Waals surface area contributed by atoms with Crippen molar-refractivity contribution in [2.75, 3.05) is 20.2 Å². The van der Waals surface area contributed by atoms with Crippen LogP contribution in [0, 0.1) is 5.92 Å². The summed E-state index contributed by atoms with van der Waals surface area (Å²) in [5.74, 6) is -0.139. The quantitative estimate of drug-likeness (QED) is 0.806. The van der Waals surface area contributed by atoms with Crippen LogP contribution in [0.15, 0.2) is 22.8 Å². The number of benzene rings is 1. The minimum Gasteiger partial charge on any atom is -0.469 e. The van der Waals surface area contributed by atoms with Gasteiger partial charge in [0.05, 0.1) is 25.7 Å². The normalized spacial score (nSPS) is 17.7. The summed E-state index contributed by atoms with van der Waals surface area (Å²) in [4.78, 5) is 26.1. The second kappa shape index (κ2) is 6.54. The van der Waals surface area contributed by atoms with Gasteiger partial charge in [0.1, 0.15) is 5.58 Å². The van der Waals surface area contributed by atoms with Crippen LogP contribution in [0.4, 0.5) is 0 Å². The van der Waals surface area contributed by atoms with Crippen molar-refractivity contribution in [2.24, 2.45) is 5.92 Å². The zero-order valence-electron chi connectivity index (χ0n) is 14.5. The molecule has 2 aromatic rings. The number of carbonyl (C=O) groups is 2. The number of fused-ring (bicyclic) bond motifs is 2. The predicted molar refractivity (Wildman–Crippen MR) is 93.3 cm³/mol. The van der Waals surface area contributed by atoms with E-state index in [1.54, 1.807) is 6.26 Å². The Balaban J connectivity index is 1.45. The van der Waals surface area contributed by atoms with Gasteiger partial charge >= 0.3 is 5.97 Å². The Morgan fingerprint density at radius 3 is 2.64 bits per heavy atom. The second-order valence-corrected chi connectivity index (χ2v) is 7.09. The average molecular weight is 341 g/mol. The Morgan fingerprint density at radius 2 is 1.92 bits per heavy atom. The van der Waals surface area contributed by atoms with E-state index in [4.69, 9.17) is 9.15 Å². The summed E-state index contributed by atoms with van der Waals surface area (Å²) >= 11 is 0.